The SMILES string of the molecule is Cc1ccc(C)n1-c1ccc(OCc2ccc(C(=O)N/N=C/c3cccc(OC(C)C)c3)o2)cc1. The van der Waals surface area contributed by atoms with Crippen LogP contribution in [0, 0.1) is 13.8 Å². The van der Waals surface area contributed by atoms with Crippen molar-refractivity contribution in [3.63, 3.8) is 0 Å². The Bertz CT molecular complexity index is 1300. The van der Waals surface area contributed by atoms with Gasteiger partial charge >= 0.3 is 5.91 Å². The molecule has 1 amide bonds. The zero-order valence-electron chi connectivity index (χ0n) is 20.3. The van der Waals surface area contributed by atoms with E-state index in [1.54, 1.807) is 18.3 Å². The average molecular weight is 472 g/mol. The van der Waals surface area contributed by atoms with Crippen LogP contribution < -0.4 is 14.9 Å². The molecule has 7 heteroatoms. The maximum absolute atomic E-state index is 12.4. The quantitative estimate of drug-likeness (QED) is 0.247. The molecule has 0 saturated heterocycles. The van der Waals surface area contributed by atoms with Crippen LogP contribution in [0.4, 0.5) is 0 Å². The van der Waals surface area contributed by atoms with Crippen LogP contribution in [0.15, 0.2) is 82.3 Å². The summed E-state index contributed by atoms with van der Waals surface area (Å²) in [5.41, 5.74) is 6.72. The summed E-state index contributed by atoms with van der Waals surface area (Å²) in [7, 11) is 0. The molecule has 0 atom stereocenters. The maximum atomic E-state index is 12.4. The topological polar surface area (TPSA) is 78.0 Å². The smallest absolute Gasteiger partial charge is 0.307 e. The van der Waals surface area contributed by atoms with Gasteiger partial charge in [0.2, 0.25) is 0 Å². The number of ether oxygens (including phenoxy) is 2. The van der Waals surface area contributed by atoms with E-state index in [1.807, 2.05) is 62.4 Å². The first-order chi connectivity index (χ1) is 16.9. The normalized spacial score (nSPS) is 11.2. The summed E-state index contributed by atoms with van der Waals surface area (Å²) in [5, 5.41) is 4.01. The third kappa shape index (κ3) is 6.20. The van der Waals surface area contributed by atoms with Gasteiger partial charge in [0.15, 0.2) is 5.76 Å². The zero-order chi connectivity index (χ0) is 24.8. The van der Waals surface area contributed by atoms with Crippen molar-refractivity contribution >= 4 is 12.1 Å². The number of hydrogen-bond donors (Lipinski definition) is 1. The second-order valence-corrected chi connectivity index (χ2v) is 8.44. The first-order valence-corrected chi connectivity index (χ1v) is 11.5. The number of nitrogens with zero attached hydrogens (tertiary/aromatic N) is 2. The summed E-state index contributed by atoms with van der Waals surface area (Å²) in [5.74, 6) is 1.72. The van der Waals surface area contributed by atoms with Gasteiger partial charge in [-0.15, -0.1) is 0 Å². The molecule has 0 radical (unpaired) electrons. The molecule has 4 aromatic rings. The molecular formula is C28H29N3O4. The maximum Gasteiger partial charge on any atom is 0.307 e. The van der Waals surface area contributed by atoms with Crippen molar-refractivity contribution in [1.29, 1.82) is 0 Å². The molecule has 0 spiro atoms. The molecular weight excluding hydrogens is 442 g/mol. The van der Waals surface area contributed by atoms with Crippen molar-refractivity contribution in [2.24, 2.45) is 5.10 Å². The summed E-state index contributed by atoms with van der Waals surface area (Å²) < 4.78 is 19.3. The first-order valence-electron chi connectivity index (χ1n) is 11.5. The van der Waals surface area contributed by atoms with Crippen molar-refractivity contribution < 1.29 is 18.7 Å². The second-order valence-electron chi connectivity index (χ2n) is 8.44. The van der Waals surface area contributed by atoms with E-state index in [4.69, 9.17) is 13.9 Å². The molecule has 2 heterocycles. The molecule has 0 aliphatic carbocycles. The van der Waals surface area contributed by atoms with E-state index in [0.717, 1.165) is 17.0 Å². The fourth-order valence-corrected chi connectivity index (χ4v) is 3.66. The molecule has 0 aliphatic heterocycles. The molecule has 180 valence electrons. The largest absolute Gasteiger partial charge is 0.491 e. The highest BCUT2D eigenvalue weighted by atomic mass is 16.5. The molecule has 0 bridgehead atoms. The van der Waals surface area contributed by atoms with Gasteiger partial charge in [-0.05, 0) is 93.9 Å². The van der Waals surface area contributed by atoms with Gasteiger partial charge in [0.05, 0.1) is 12.3 Å². The summed E-state index contributed by atoms with van der Waals surface area (Å²) in [6, 6.07) is 22.8. The second kappa shape index (κ2) is 10.8. The number of hydrogen-bond acceptors (Lipinski definition) is 5. The number of carbonyl (C=O) groups is 1. The number of benzene rings is 2. The number of aromatic nitrogens is 1. The Hall–Kier alpha value is -4.26. The van der Waals surface area contributed by atoms with Crippen molar-refractivity contribution in [2.75, 3.05) is 0 Å². The number of aryl methyl sites for hydroxylation is 2. The average Bonchev–Trinajstić information content (AvgIpc) is 3.44. The van der Waals surface area contributed by atoms with Gasteiger partial charge in [-0.3, -0.25) is 4.79 Å². The number of carbonyl (C=O) groups excluding carboxylic acids is 1. The highest BCUT2D eigenvalue weighted by Crippen LogP contribution is 2.21. The molecule has 35 heavy (non-hydrogen) atoms. The van der Waals surface area contributed by atoms with Crippen molar-refractivity contribution in [3.8, 4) is 17.2 Å². The van der Waals surface area contributed by atoms with Crippen molar-refractivity contribution in [2.45, 2.75) is 40.4 Å². The van der Waals surface area contributed by atoms with Gasteiger partial charge < -0.3 is 18.5 Å². The van der Waals surface area contributed by atoms with Crippen molar-refractivity contribution in [1.82, 2.24) is 9.99 Å². The summed E-state index contributed by atoms with van der Waals surface area (Å²) in [6.45, 7) is 8.29. The molecule has 0 aliphatic rings. The Balaban J connectivity index is 1.30. The third-order valence-electron chi connectivity index (χ3n) is 5.24. The number of hydrazone groups is 1. The van der Waals surface area contributed by atoms with Crippen LogP contribution in [0.3, 0.4) is 0 Å². The monoisotopic (exact) mass is 471 g/mol. The van der Waals surface area contributed by atoms with Crippen LogP contribution in [0.25, 0.3) is 5.69 Å². The summed E-state index contributed by atoms with van der Waals surface area (Å²) >= 11 is 0. The number of rotatable bonds is 9. The minimum atomic E-state index is -0.441. The molecule has 7 nitrogen and oxygen atoms in total. The Kier molecular flexibility index (Phi) is 7.35. The van der Waals surface area contributed by atoms with Gasteiger partial charge in [-0.2, -0.15) is 5.10 Å². The predicted octanol–water partition coefficient (Wildman–Crippen LogP) is 5.82. The van der Waals surface area contributed by atoms with Crippen LogP contribution in [-0.2, 0) is 6.61 Å². The number of amides is 1. The van der Waals surface area contributed by atoms with Gasteiger partial charge in [0, 0.05) is 17.1 Å². The Morgan fingerprint density at radius 1 is 1.00 bits per heavy atom. The van der Waals surface area contributed by atoms with Crippen LogP contribution in [0.2, 0.25) is 0 Å². The number of nitrogens with one attached hydrogen (secondary N) is 1. The lowest BCUT2D eigenvalue weighted by atomic mass is 10.2. The molecule has 4 rings (SSSR count). The molecule has 2 aromatic carbocycles. The van der Waals surface area contributed by atoms with Crippen LogP contribution in [0.5, 0.6) is 11.5 Å². The molecule has 2 aromatic heterocycles. The summed E-state index contributed by atoms with van der Waals surface area (Å²) in [4.78, 5) is 12.4. The standard InChI is InChI=1S/C28H29N3O4/c1-19(2)34-25-7-5-6-22(16-25)17-29-30-28(32)27-15-14-26(35-27)18-33-24-12-10-23(11-13-24)31-20(3)8-9-21(31)4/h5-17,19H,18H2,1-4H3,(H,30,32)/b29-17+. The number of furan rings is 1. The summed E-state index contributed by atoms with van der Waals surface area (Å²) in [6.07, 6.45) is 1.63. The van der Waals surface area contributed by atoms with Gasteiger partial charge in [0.25, 0.3) is 0 Å². The minimum Gasteiger partial charge on any atom is -0.491 e. The van der Waals surface area contributed by atoms with E-state index >= 15 is 0 Å². The Morgan fingerprint density at radius 3 is 2.46 bits per heavy atom. The van der Waals surface area contributed by atoms with Crippen molar-refractivity contribution in [3.05, 3.63) is 101 Å². The lowest BCUT2D eigenvalue weighted by Gasteiger charge is -2.10. The van der Waals surface area contributed by atoms with E-state index < -0.39 is 5.91 Å². The van der Waals surface area contributed by atoms with E-state index in [2.05, 4.69) is 41.1 Å². The third-order valence-corrected chi connectivity index (χ3v) is 5.24. The van der Waals surface area contributed by atoms with Gasteiger partial charge in [0.1, 0.15) is 23.9 Å². The van der Waals surface area contributed by atoms with Crippen LogP contribution in [0.1, 0.15) is 47.1 Å². The molecule has 1 N–H and O–H groups in total. The van der Waals surface area contributed by atoms with E-state index in [9.17, 15) is 4.79 Å². The van der Waals surface area contributed by atoms with Gasteiger partial charge in [-0.1, -0.05) is 12.1 Å². The predicted molar refractivity (Wildman–Crippen MR) is 136 cm³/mol. The van der Waals surface area contributed by atoms with E-state index in [0.29, 0.717) is 11.5 Å². The van der Waals surface area contributed by atoms with Gasteiger partial charge in [-0.25, -0.2) is 5.43 Å². The first kappa shape index (κ1) is 23.9. The fourth-order valence-electron chi connectivity index (χ4n) is 3.66. The fraction of sp³-hybridized carbons (Fsp3) is 0.214. The lowest BCUT2D eigenvalue weighted by Crippen LogP contribution is -2.16. The van der Waals surface area contributed by atoms with E-state index in [-0.39, 0.29) is 18.5 Å². The van der Waals surface area contributed by atoms with Crippen LogP contribution >= 0.6 is 0 Å². The highest BCUT2D eigenvalue weighted by molar-refractivity contribution is 5.92. The Morgan fingerprint density at radius 2 is 1.74 bits per heavy atom. The lowest BCUT2D eigenvalue weighted by molar-refractivity contribution is 0.0923. The Labute approximate surface area is 205 Å². The van der Waals surface area contributed by atoms with Crippen LogP contribution in [-0.4, -0.2) is 22.8 Å². The zero-order valence-corrected chi connectivity index (χ0v) is 20.3. The molecule has 0 unspecified atom stereocenters. The molecule has 0 saturated carbocycles. The van der Waals surface area contributed by atoms with E-state index in [1.165, 1.54) is 11.4 Å². The highest BCUT2D eigenvalue weighted by Gasteiger charge is 2.11. The molecule has 0 fully saturated rings. The minimum absolute atomic E-state index is 0.0803.